The van der Waals surface area contributed by atoms with Gasteiger partial charge >= 0.3 is 5.97 Å². The Kier molecular flexibility index (Phi) is 5.18. The number of anilines is 1. The number of non-ortho nitro benzene ring substituents is 1. The van der Waals surface area contributed by atoms with E-state index < -0.39 is 22.5 Å². The predicted molar refractivity (Wildman–Crippen MR) is 87.6 cm³/mol. The van der Waals surface area contributed by atoms with Crippen LogP contribution >= 0.6 is 0 Å². The Labute approximate surface area is 141 Å². The van der Waals surface area contributed by atoms with Gasteiger partial charge in [0, 0.05) is 18.2 Å². The van der Waals surface area contributed by atoms with E-state index in [4.69, 9.17) is 9.47 Å². The number of aromatic carboxylic acids is 1. The molecule has 2 N–H and O–H groups in total. The maximum Gasteiger partial charge on any atom is 0.336 e. The predicted octanol–water partition coefficient (Wildman–Crippen LogP) is 2.56. The first kappa shape index (κ1) is 17.7. The number of nitro benzene ring substituents is 1. The molecule has 2 aromatic rings. The molecular formula is C16H14N2O7. The number of nitrogens with one attached hydrogen (secondary N) is 1. The molecule has 0 aliphatic rings. The van der Waals surface area contributed by atoms with Crippen molar-refractivity contribution < 1.29 is 29.1 Å². The monoisotopic (exact) mass is 346 g/mol. The average Bonchev–Trinajstić information content (AvgIpc) is 2.60. The lowest BCUT2D eigenvalue weighted by molar-refractivity contribution is -0.384. The highest BCUT2D eigenvalue weighted by atomic mass is 16.6. The van der Waals surface area contributed by atoms with Gasteiger partial charge in [-0.05, 0) is 18.2 Å². The van der Waals surface area contributed by atoms with Crippen LogP contribution in [0.25, 0.3) is 0 Å². The maximum atomic E-state index is 12.5. The third-order valence-corrected chi connectivity index (χ3v) is 3.34. The van der Waals surface area contributed by atoms with Crippen LogP contribution in [-0.2, 0) is 0 Å². The number of carboxylic acids is 1. The van der Waals surface area contributed by atoms with Gasteiger partial charge in [-0.15, -0.1) is 0 Å². The van der Waals surface area contributed by atoms with Gasteiger partial charge in [-0.2, -0.15) is 0 Å². The Hall–Kier alpha value is -3.62. The van der Waals surface area contributed by atoms with Gasteiger partial charge in [0.1, 0.15) is 11.5 Å². The summed E-state index contributed by atoms with van der Waals surface area (Å²) in [4.78, 5) is 34.0. The SMILES string of the molecule is COc1ccc(OC)c(NC(=O)c2cc([N+](=O)[O-])ccc2C(=O)O)c1. The maximum absolute atomic E-state index is 12.5. The number of ether oxygens (including phenoxy) is 2. The lowest BCUT2D eigenvalue weighted by Crippen LogP contribution is -2.17. The van der Waals surface area contributed by atoms with Crippen LogP contribution in [0.5, 0.6) is 11.5 Å². The van der Waals surface area contributed by atoms with Crippen LogP contribution < -0.4 is 14.8 Å². The van der Waals surface area contributed by atoms with Gasteiger partial charge < -0.3 is 19.9 Å². The zero-order valence-corrected chi connectivity index (χ0v) is 13.3. The second kappa shape index (κ2) is 7.30. The number of amides is 1. The molecule has 9 nitrogen and oxygen atoms in total. The first-order chi connectivity index (χ1) is 11.9. The van der Waals surface area contributed by atoms with Gasteiger partial charge in [0.05, 0.1) is 36.0 Å². The first-order valence-corrected chi connectivity index (χ1v) is 6.92. The van der Waals surface area contributed by atoms with Crippen molar-refractivity contribution in [2.24, 2.45) is 0 Å². The number of nitro groups is 1. The van der Waals surface area contributed by atoms with Gasteiger partial charge in [-0.25, -0.2) is 4.79 Å². The normalized spacial score (nSPS) is 10.0. The molecule has 0 aromatic heterocycles. The number of nitrogens with zero attached hydrogens (tertiary/aromatic N) is 1. The van der Waals surface area contributed by atoms with Crippen molar-refractivity contribution in [3.05, 3.63) is 57.6 Å². The number of hydrogen-bond donors (Lipinski definition) is 2. The molecule has 0 fully saturated rings. The lowest BCUT2D eigenvalue weighted by Gasteiger charge is -2.12. The molecule has 25 heavy (non-hydrogen) atoms. The smallest absolute Gasteiger partial charge is 0.336 e. The summed E-state index contributed by atoms with van der Waals surface area (Å²) in [6.07, 6.45) is 0. The summed E-state index contributed by atoms with van der Waals surface area (Å²) < 4.78 is 10.2. The molecule has 0 spiro atoms. The van der Waals surface area contributed by atoms with Crippen LogP contribution in [0.3, 0.4) is 0 Å². The van der Waals surface area contributed by atoms with Crippen LogP contribution in [0.2, 0.25) is 0 Å². The van der Waals surface area contributed by atoms with E-state index in [1.807, 2.05) is 0 Å². The molecule has 2 aromatic carbocycles. The molecule has 0 atom stereocenters. The van der Waals surface area contributed by atoms with Gasteiger partial charge in [0.15, 0.2) is 0 Å². The molecule has 2 rings (SSSR count). The van der Waals surface area contributed by atoms with E-state index in [0.29, 0.717) is 11.5 Å². The molecule has 0 bridgehead atoms. The van der Waals surface area contributed by atoms with E-state index in [1.54, 1.807) is 12.1 Å². The molecule has 0 unspecified atom stereocenters. The highest BCUT2D eigenvalue weighted by Crippen LogP contribution is 2.30. The van der Waals surface area contributed by atoms with Crippen molar-refractivity contribution in [2.45, 2.75) is 0 Å². The number of methoxy groups -OCH3 is 2. The van der Waals surface area contributed by atoms with E-state index in [1.165, 1.54) is 20.3 Å². The van der Waals surface area contributed by atoms with Crippen molar-refractivity contribution >= 4 is 23.3 Å². The summed E-state index contributed by atoms with van der Waals surface area (Å²) in [6, 6.07) is 7.59. The zero-order valence-electron chi connectivity index (χ0n) is 13.3. The van der Waals surface area contributed by atoms with Gasteiger partial charge in [0.2, 0.25) is 0 Å². The fraction of sp³-hybridized carbons (Fsp3) is 0.125. The highest BCUT2D eigenvalue weighted by molar-refractivity contribution is 6.11. The average molecular weight is 346 g/mol. The molecule has 9 heteroatoms. The Morgan fingerprint density at radius 1 is 1.08 bits per heavy atom. The minimum Gasteiger partial charge on any atom is -0.497 e. The van der Waals surface area contributed by atoms with E-state index in [9.17, 15) is 24.8 Å². The lowest BCUT2D eigenvalue weighted by atomic mass is 10.1. The Balaban J connectivity index is 2.46. The Bertz CT molecular complexity index is 848. The molecule has 0 heterocycles. The van der Waals surface area contributed by atoms with Gasteiger partial charge in [0.25, 0.3) is 11.6 Å². The van der Waals surface area contributed by atoms with E-state index in [2.05, 4.69) is 5.32 Å². The molecule has 0 saturated carbocycles. The van der Waals surface area contributed by atoms with Gasteiger partial charge in [-0.3, -0.25) is 14.9 Å². The third kappa shape index (κ3) is 3.83. The second-order valence-corrected chi connectivity index (χ2v) is 4.81. The van der Waals surface area contributed by atoms with Crippen molar-refractivity contribution in [1.82, 2.24) is 0 Å². The molecule has 0 aliphatic heterocycles. The van der Waals surface area contributed by atoms with Crippen molar-refractivity contribution in [2.75, 3.05) is 19.5 Å². The third-order valence-electron chi connectivity index (χ3n) is 3.34. The van der Waals surface area contributed by atoms with Crippen LogP contribution in [0, 0.1) is 10.1 Å². The molecule has 1 amide bonds. The Morgan fingerprint density at radius 3 is 2.36 bits per heavy atom. The molecule has 0 aliphatic carbocycles. The summed E-state index contributed by atoms with van der Waals surface area (Å²) in [5, 5.41) is 22.6. The van der Waals surface area contributed by atoms with Crippen LogP contribution in [0.1, 0.15) is 20.7 Å². The molecular weight excluding hydrogens is 332 g/mol. The van der Waals surface area contributed by atoms with E-state index >= 15 is 0 Å². The van der Waals surface area contributed by atoms with Crippen molar-refractivity contribution in [1.29, 1.82) is 0 Å². The van der Waals surface area contributed by atoms with Crippen LogP contribution in [0.4, 0.5) is 11.4 Å². The molecule has 130 valence electrons. The van der Waals surface area contributed by atoms with Crippen molar-refractivity contribution in [3.63, 3.8) is 0 Å². The summed E-state index contributed by atoms with van der Waals surface area (Å²) in [5.41, 5.74) is -0.862. The summed E-state index contributed by atoms with van der Waals surface area (Å²) >= 11 is 0. The molecule has 0 saturated heterocycles. The minimum atomic E-state index is -1.38. The standard InChI is InChI=1S/C16H14N2O7/c1-24-10-4-6-14(25-2)13(8-10)17-15(19)12-7-9(18(22)23)3-5-11(12)16(20)21/h3-8H,1-2H3,(H,17,19)(H,20,21). The second-order valence-electron chi connectivity index (χ2n) is 4.81. The van der Waals surface area contributed by atoms with Crippen molar-refractivity contribution in [3.8, 4) is 11.5 Å². The number of hydrogen-bond acceptors (Lipinski definition) is 6. The Morgan fingerprint density at radius 2 is 1.80 bits per heavy atom. The van der Waals surface area contributed by atoms with E-state index in [-0.39, 0.29) is 16.8 Å². The number of carbonyl (C=O) groups excluding carboxylic acids is 1. The fourth-order valence-corrected chi connectivity index (χ4v) is 2.12. The first-order valence-electron chi connectivity index (χ1n) is 6.92. The van der Waals surface area contributed by atoms with Crippen LogP contribution in [-0.4, -0.2) is 36.1 Å². The zero-order chi connectivity index (χ0) is 18.6. The number of rotatable bonds is 6. The number of carbonyl (C=O) groups is 2. The topological polar surface area (TPSA) is 128 Å². The summed E-state index contributed by atoms with van der Waals surface area (Å²) in [6.45, 7) is 0. The number of carboxylic acid groups (broad SMARTS) is 1. The van der Waals surface area contributed by atoms with E-state index in [0.717, 1.165) is 18.2 Å². The largest absolute Gasteiger partial charge is 0.497 e. The fourth-order valence-electron chi connectivity index (χ4n) is 2.12. The highest BCUT2D eigenvalue weighted by Gasteiger charge is 2.21. The summed E-state index contributed by atoms with van der Waals surface area (Å²) in [7, 11) is 2.84. The van der Waals surface area contributed by atoms with Crippen LogP contribution in [0.15, 0.2) is 36.4 Å². The quantitative estimate of drug-likeness (QED) is 0.607. The number of benzene rings is 2. The van der Waals surface area contributed by atoms with Gasteiger partial charge in [-0.1, -0.05) is 0 Å². The summed E-state index contributed by atoms with van der Waals surface area (Å²) in [5.74, 6) is -1.45. The minimum absolute atomic E-state index is 0.231. The molecule has 0 radical (unpaired) electrons.